The summed E-state index contributed by atoms with van der Waals surface area (Å²) in [6, 6.07) is 4.34. The number of nitrogens with one attached hydrogen (secondary N) is 2. The summed E-state index contributed by atoms with van der Waals surface area (Å²) in [5.41, 5.74) is -0.911. The Morgan fingerprint density at radius 2 is 2.05 bits per heavy atom. The van der Waals surface area contributed by atoms with Gasteiger partial charge in [0.2, 0.25) is 11.3 Å². The minimum atomic E-state index is -3.11. The zero-order valence-electron chi connectivity index (χ0n) is 24.2. The van der Waals surface area contributed by atoms with Crippen LogP contribution in [-0.4, -0.2) is 78.4 Å². The number of amides is 1. The molecule has 17 heteroatoms. The van der Waals surface area contributed by atoms with Gasteiger partial charge in [-0.3, -0.25) is 18.9 Å². The van der Waals surface area contributed by atoms with Crippen LogP contribution in [0.5, 0.6) is 5.75 Å². The first kappa shape index (κ1) is 34.8. The van der Waals surface area contributed by atoms with E-state index in [2.05, 4.69) is 20.0 Å². The summed E-state index contributed by atoms with van der Waals surface area (Å²) >= 11 is 4.31. The Morgan fingerprint density at radius 1 is 1.35 bits per heavy atom. The second kappa shape index (κ2) is 14.4. The molecule has 6 N–H and O–H groups in total. The first-order chi connectivity index (χ1) is 20.1. The number of rotatable bonds is 12. The Bertz CT molecular complexity index is 1340. The Balaban J connectivity index is 1.89. The third kappa shape index (κ3) is 9.14. The Labute approximate surface area is 255 Å². The van der Waals surface area contributed by atoms with Crippen LogP contribution in [0.1, 0.15) is 56.6 Å². The van der Waals surface area contributed by atoms with E-state index in [4.69, 9.17) is 26.8 Å². The zero-order chi connectivity index (χ0) is 32.1. The molecule has 0 saturated carbocycles. The molecule has 1 unspecified atom stereocenters. The van der Waals surface area contributed by atoms with Crippen molar-refractivity contribution < 1.29 is 41.8 Å². The number of aliphatic hydroxyl groups is 1. The van der Waals surface area contributed by atoms with E-state index in [-0.39, 0.29) is 65.6 Å². The number of nitrogens with zero attached hydrogens (tertiary/aromatic N) is 3. The maximum absolute atomic E-state index is 13.4. The molecule has 1 aliphatic heterocycles. The zero-order valence-corrected chi connectivity index (χ0v) is 25.8. The van der Waals surface area contributed by atoms with Gasteiger partial charge in [-0.2, -0.15) is 19.8 Å². The molecule has 1 aromatic carbocycles. The first-order valence-corrected chi connectivity index (χ1v) is 14.9. The van der Waals surface area contributed by atoms with Gasteiger partial charge in [-0.15, -0.1) is 0 Å². The topological polar surface area (TPSA) is 181 Å². The maximum Gasteiger partial charge on any atom is 0.387 e. The van der Waals surface area contributed by atoms with Crippen molar-refractivity contribution in [2.45, 2.75) is 71.9 Å². The van der Waals surface area contributed by atoms with E-state index < -0.39 is 48.1 Å². The standard InChI is InChI=1S/C26H37ClF2N6O7S/c1-5-35-22(17-7-6-15(11-25(2,3)4)10-18(17)41-24(28)29)20(27)21(32-35)23(37)31-14-26(38)9-8-16(33-43(39)40)12-34(26)13-19(36)42-30/h6-7,10,16,24,33,38H,5,8-9,11-14,30H2,1-4H3,(H,31,37)(H,39,40)/t16-,26-/m1/s1. The van der Waals surface area contributed by atoms with Gasteiger partial charge in [0.05, 0.1) is 17.3 Å². The van der Waals surface area contributed by atoms with Crippen molar-refractivity contribution in [2.24, 2.45) is 11.3 Å². The predicted octanol–water partition coefficient (Wildman–Crippen LogP) is 2.44. The van der Waals surface area contributed by atoms with Gasteiger partial charge in [-0.25, -0.2) is 13.7 Å². The summed E-state index contributed by atoms with van der Waals surface area (Å²) in [6.45, 7) is 4.02. The SMILES string of the molecule is CCn1nc(C(=O)NC[C@]2(O)CC[C@@H](NS(=O)O)CN2CC(=O)ON)c(Cl)c1-c1ccc(CC(C)(C)C)cc1OC(F)F. The van der Waals surface area contributed by atoms with Crippen molar-refractivity contribution in [3.05, 3.63) is 34.5 Å². The van der Waals surface area contributed by atoms with E-state index in [1.807, 2.05) is 20.8 Å². The van der Waals surface area contributed by atoms with Crippen LogP contribution in [0, 0.1) is 5.41 Å². The average Bonchev–Trinajstić information content (AvgIpc) is 3.24. The molecule has 1 saturated heterocycles. The van der Waals surface area contributed by atoms with Gasteiger partial charge < -0.3 is 20.0 Å². The van der Waals surface area contributed by atoms with E-state index in [0.717, 1.165) is 5.56 Å². The van der Waals surface area contributed by atoms with Crippen molar-refractivity contribution >= 4 is 34.7 Å². The molecule has 1 aromatic heterocycles. The van der Waals surface area contributed by atoms with Gasteiger partial charge in [-0.05, 0) is 49.3 Å². The Morgan fingerprint density at radius 3 is 2.63 bits per heavy atom. The molecule has 1 amide bonds. The van der Waals surface area contributed by atoms with Gasteiger partial charge in [0, 0.05) is 24.7 Å². The third-order valence-corrected chi connectivity index (χ3v) is 7.73. The van der Waals surface area contributed by atoms with Gasteiger partial charge in [0.1, 0.15) is 18.0 Å². The largest absolute Gasteiger partial charge is 0.434 e. The van der Waals surface area contributed by atoms with E-state index in [1.165, 1.54) is 15.6 Å². The molecule has 13 nitrogen and oxygen atoms in total. The van der Waals surface area contributed by atoms with Crippen LogP contribution in [0.3, 0.4) is 0 Å². The fourth-order valence-corrected chi connectivity index (χ4v) is 5.79. The summed E-state index contributed by atoms with van der Waals surface area (Å²) < 4.78 is 55.8. The maximum atomic E-state index is 13.4. The lowest BCUT2D eigenvalue weighted by Crippen LogP contribution is -2.63. The molecule has 1 fully saturated rings. The number of hydrogen-bond donors (Lipinski definition) is 5. The molecule has 2 heterocycles. The van der Waals surface area contributed by atoms with E-state index in [0.29, 0.717) is 6.42 Å². The first-order valence-electron chi connectivity index (χ1n) is 13.4. The number of carbonyl (C=O) groups excluding carboxylic acids is 2. The number of nitrogens with two attached hydrogens (primary N) is 1. The third-order valence-electron chi connectivity index (χ3n) is 6.83. The van der Waals surface area contributed by atoms with Crippen molar-refractivity contribution in [2.75, 3.05) is 19.6 Å². The fraction of sp³-hybridized carbons (Fsp3) is 0.577. The molecule has 43 heavy (non-hydrogen) atoms. The highest BCUT2D eigenvalue weighted by atomic mass is 35.5. The van der Waals surface area contributed by atoms with Gasteiger partial charge in [-0.1, -0.05) is 38.4 Å². The van der Waals surface area contributed by atoms with Crippen molar-refractivity contribution in [1.82, 2.24) is 24.7 Å². The molecule has 240 valence electrons. The van der Waals surface area contributed by atoms with Crippen LogP contribution >= 0.6 is 11.6 Å². The smallest absolute Gasteiger partial charge is 0.387 e. The van der Waals surface area contributed by atoms with Crippen molar-refractivity contribution in [1.29, 1.82) is 0 Å². The number of piperidine rings is 1. The van der Waals surface area contributed by atoms with Gasteiger partial charge >= 0.3 is 12.6 Å². The van der Waals surface area contributed by atoms with Crippen LogP contribution in [0.2, 0.25) is 5.02 Å². The molecule has 3 atom stereocenters. The monoisotopic (exact) mass is 650 g/mol. The summed E-state index contributed by atoms with van der Waals surface area (Å²) in [7, 11) is 0. The van der Waals surface area contributed by atoms with Gasteiger partial charge in [0.25, 0.3) is 5.91 Å². The summed E-state index contributed by atoms with van der Waals surface area (Å²) in [5, 5.41) is 18.1. The molecular formula is C26H37ClF2N6O7S. The lowest BCUT2D eigenvalue weighted by atomic mass is 9.87. The van der Waals surface area contributed by atoms with Crippen molar-refractivity contribution in [3.63, 3.8) is 0 Å². The highest BCUT2D eigenvalue weighted by molar-refractivity contribution is 7.77. The number of alkyl halides is 2. The van der Waals surface area contributed by atoms with Crippen molar-refractivity contribution in [3.8, 4) is 17.0 Å². The minimum absolute atomic E-state index is 0.00236. The van der Waals surface area contributed by atoms with Crippen LogP contribution in [0.25, 0.3) is 11.3 Å². The number of likely N-dealkylation sites (tertiary alicyclic amines) is 1. The van der Waals surface area contributed by atoms with Crippen LogP contribution in [0.4, 0.5) is 8.78 Å². The molecule has 0 bridgehead atoms. The predicted molar refractivity (Wildman–Crippen MR) is 154 cm³/mol. The second-order valence-electron chi connectivity index (χ2n) is 11.4. The van der Waals surface area contributed by atoms with E-state index >= 15 is 0 Å². The quantitative estimate of drug-likeness (QED) is 0.169. The number of halogens is 3. The molecule has 0 spiro atoms. The summed E-state index contributed by atoms with van der Waals surface area (Å²) in [5.74, 6) is 3.18. The molecule has 0 radical (unpaired) electrons. The summed E-state index contributed by atoms with van der Waals surface area (Å²) in [4.78, 5) is 30.6. The number of aromatic nitrogens is 2. The Hall–Kier alpha value is -2.73. The normalized spacial score (nSPS) is 20.2. The van der Waals surface area contributed by atoms with E-state index in [1.54, 1.807) is 19.1 Å². The van der Waals surface area contributed by atoms with Crippen LogP contribution in [-0.2, 0) is 33.9 Å². The lowest BCUT2D eigenvalue weighted by Gasteiger charge is -2.45. The molecule has 1 aliphatic rings. The number of carbonyl (C=O) groups is 2. The highest BCUT2D eigenvalue weighted by Gasteiger charge is 2.42. The lowest BCUT2D eigenvalue weighted by molar-refractivity contribution is -0.164. The minimum Gasteiger partial charge on any atom is -0.434 e. The molecular weight excluding hydrogens is 614 g/mol. The average molecular weight is 651 g/mol. The van der Waals surface area contributed by atoms with Crippen LogP contribution in [0.15, 0.2) is 18.2 Å². The van der Waals surface area contributed by atoms with Crippen LogP contribution < -0.4 is 20.7 Å². The number of hydrogen-bond acceptors (Lipinski definition) is 9. The fourth-order valence-electron chi connectivity index (χ4n) is 4.99. The van der Waals surface area contributed by atoms with E-state index in [9.17, 15) is 27.7 Å². The second-order valence-corrected chi connectivity index (χ2v) is 12.5. The molecule has 2 aromatic rings. The number of ether oxygens (including phenoxy) is 1. The summed E-state index contributed by atoms with van der Waals surface area (Å²) in [6.07, 6.45) is 0.830. The Kier molecular flexibility index (Phi) is 11.6. The molecule has 3 rings (SSSR count). The van der Waals surface area contributed by atoms with Gasteiger partial charge in [0.15, 0.2) is 5.69 Å². The number of aryl methyl sites for hydroxylation is 1. The number of benzene rings is 1. The highest BCUT2D eigenvalue weighted by Crippen LogP contribution is 2.39. The molecule has 0 aliphatic carbocycles.